The van der Waals surface area contributed by atoms with Crippen LogP contribution in [0, 0.1) is 0 Å². The standard InChI is InChI=1S/C13H26N4O3/c1-11(2)14-10-12-15-16-13(20-12)17(7-9-19-4)6-5-8-18-3/h11,14H,5-10H2,1-4H3. The quantitative estimate of drug-likeness (QED) is 0.610. The van der Waals surface area contributed by atoms with Crippen molar-refractivity contribution in [3.63, 3.8) is 0 Å². The number of methoxy groups -OCH3 is 2. The number of hydrogen-bond donors (Lipinski definition) is 1. The Hall–Kier alpha value is -1.18. The summed E-state index contributed by atoms with van der Waals surface area (Å²) in [5.41, 5.74) is 0. The fourth-order valence-corrected chi connectivity index (χ4v) is 1.64. The summed E-state index contributed by atoms with van der Waals surface area (Å²) in [6.07, 6.45) is 0.905. The van der Waals surface area contributed by atoms with E-state index in [1.165, 1.54) is 0 Å². The van der Waals surface area contributed by atoms with E-state index in [1.54, 1.807) is 14.2 Å². The highest BCUT2D eigenvalue weighted by Crippen LogP contribution is 2.12. The highest BCUT2D eigenvalue weighted by atomic mass is 16.5. The van der Waals surface area contributed by atoms with E-state index in [9.17, 15) is 0 Å². The molecule has 1 rings (SSSR count). The number of anilines is 1. The third-order valence-corrected chi connectivity index (χ3v) is 2.73. The SMILES string of the molecule is COCCCN(CCOC)c1nnc(CNC(C)C)o1. The van der Waals surface area contributed by atoms with Crippen molar-refractivity contribution in [3.05, 3.63) is 5.89 Å². The summed E-state index contributed by atoms with van der Waals surface area (Å²) in [5, 5.41) is 11.4. The first-order valence-electron chi connectivity index (χ1n) is 6.96. The Balaban J connectivity index is 2.55. The predicted molar refractivity (Wildman–Crippen MR) is 76.9 cm³/mol. The van der Waals surface area contributed by atoms with E-state index in [0.717, 1.165) is 19.5 Å². The van der Waals surface area contributed by atoms with Crippen molar-refractivity contribution < 1.29 is 13.9 Å². The third kappa shape index (κ3) is 6.31. The zero-order valence-corrected chi connectivity index (χ0v) is 12.9. The summed E-state index contributed by atoms with van der Waals surface area (Å²) in [5.74, 6) is 0.600. The predicted octanol–water partition coefficient (Wildman–Crippen LogP) is 1.06. The van der Waals surface area contributed by atoms with Crippen molar-refractivity contribution in [2.24, 2.45) is 0 Å². The second-order valence-corrected chi connectivity index (χ2v) is 4.84. The molecule has 0 bridgehead atoms. The minimum Gasteiger partial charge on any atom is -0.407 e. The number of rotatable bonds is 11. The first-order valence-corrected chi connectivity index (χ1v) is 6.96. The minimum atomic E-state index is 0.386. The molecule has 7 heteroatoms. The minimum absolute atomic E-state index is 0.386. The molecule has 0 amide bonds. The first kappa shape index (κ1) is 16.9. The Morgan fingerprint density at radius 1 is 1.15 bits per heavy atom. The number of aromatic nitrogens is 2. The molecule has 1 N–H and O–H groups in total. The molecule has 1 aromatic rings. The fourth-order valence-electron chi connectivity index (χ4n) is 1.64. The van der Waals surface area contributed by atoms with E-state index in [-0.39, 0.29) is 0 Å². The molecule has 0 aliphatic carbocycles. The van der Waals surface area contributed by atoms with Crippen molar-refractivity contribution in [1.29, 1.82) is 0 Å². The number of nitrogens with zero attached hydrogens (tertiary/aromatic N) is 3. The summed E-state index contributed by atoms with van der Waals surface area (Å²) >= 11 is 0. The fraction of sp³-hybridized carbons (Fsp3) is 0.846. The number of ether oxygens (including phenoxy) is 2. The molecule has 0 saturated carbocycles. The van der Waals surface area contributed by atoms with Gasteiger partial charge in [-0.05, 0) is 6.42 Å². The van der Waals surface area contributed by atoms with Crippen LogP contribution in [0.25, 0.3) is 0 Å². The average Bonchev–Trinajstić information content (AvgIpc) is 2.89. The lowest BCUT2D eigenvalue weighted by atomic mass is 10.4. The lowest BCUT2D eigenvalue weighted by Gasteiger charge is -2.19. The molecule has 7 nitrogen and oxygen atoms in total. The van der Waals surface area contributed by atoms with E-state index >= 15 is 0 Å². The lowest BCUT2D eigenvalue weighted by molar-refractivity contribution is 0.189. The maximum Gasteiger partial charge on any atom is 0.318 e. The van der Waals surface area contributed by atoms with Gasteiger partial charge in [-0.1, -0.05) is 18.9 Å². The Bertz CT molecular complexity index is 357. The van der Waals surface area contributed by atoms with Crippen LogP contribution in [0.2, 0.25) is 0 Å². The van der Waals surface area contributed by atoms with Crippen LogP contribution in [-0.2, 0) is 16.0 Å². The van der Waals surface area contributed by atoms with Gasteiger partial charge < -0.3 is 24.1 Å². The molecular formula is C13H26N4O3. The van der Waals surface area contributed by atoms with E-state index in [0.29, 0.717) is 37.7 Å². The van der Waals surface area contributed by atoms with Crippen molar-refractivity contribution in [2.75, 3.05) is 45.4 Å². The van der Waals surface area contributed by atoms with Crippen molar-refractivity contribution >= 4 is 6.01 Å². The zero-order chi connectivity index (χ0) is 14.8. The van der Waals surface area contributed by atoms with Crippen LogP contribution in [0.5, 0.6) is 0 Å². The summed E-state index contributed by atoms with van der Waals surface area (Å²) < 4.78 is 15.8. The summed E-state index contributed by atoms with van der Waals surface area (Å²) in [7, 11) is 3.38. The molecule has 0 saturated heterocycles. The van der Waals surface area contributed by atoms with Gasteiger partial charge in [-0.15, -0.1) is 5.10 Å². The first-order chi connectivity index (χ1) is 9.67. The Morgan fingerprint density at radius 2 is 1.90 bits per heavy atom. The second kappa shape index (κ2) is 9.68. The van der Waals surface area contributed by atoms with Gasteiger partial charge in [0, 0.05) is 40.0 Å². The molecule has 0 radical (unpaired) electrons. The van der Waals surface area contributed by atoms with Gasteiger partial charge in [0.1, 0.15) is 0 Å². The van der Waals surface area contributed by atoms with Gasteiger partial charge in [0.05, 0.1) is 13.2 Å². The van der Waals surface area contributed by atoms with Crippen molar-refractivity contribution in [3.8, 4) is 0 Å². The van der Waals surface area contributed by atoms with Gasteiger partial charge in [0.15, 0.2) is 0 Å². The van der Waals surface area contributed by atoms with E-state index in [4.69, 9.17) is 13.9 Å². The second-order valence-electron chi connectivity index (χ2n) is 4.84. The Labute approximate surface area is 120 Å². The number of hydrogen-bond acceptors (Lipinski definition) is 7. The van der Waals surface area contributed by atoms with Crippen molar-refractivity contribution in [2.45, 2.75) is 32.9 Å². The molecule has 116 valence electrons. The smallest absolute Gasteiger partial charge is 0.318 e. The molecule has 0 aromatic carbocycles. The normalized spacial score (nSPS) is 11.2. The maximum atomic E-state index is 5.67. The van der Waals surface area contributed by atoms with Crippen LogP contribution in [0.4, 0.5) is 6.01 Å². The lowest BCUT2D eigenvalue weighted by Crippen LogP contribution is -2.29. The molecule has 0 spiro atoms. The van der Waals surface area contributed by atoms with Gasteiger partial charge in [0.25, 0.3) is 0 Å². The topological polar surface area (TPSA) is 72.7 Å². The highest BCUT2D eigenvalue weighted by Gasteiger charge is 2.14. The van der Waals surface area contributed by atoms with Gasteiger partial charge in [-0.25, -0.2) is 0 Å². The largest absolute Gasteiger partial charge is 0.407 e. The molecule has 0 unspecified atom stereocenters. The van der Waals surface area contributed by atoms with Gasteiger partial charge in [0.2, 0.25) is 5.89 Å². The third-order valence-electron chi connectivity index (χ3n) is 2.73. The van der Waals surface area contributed by atoms with Crippen LogP contribution in [0.3, 0.4) is 0 Å². The molecule has 0 aliphatic rings. The van der Waals surface area contributed by atoms with Crippen LogP contribution in [0.1, 0.15) is 26.2 Å². The van der Waals surface area contributed by atoms with Gasteiger partial charge in [-0.2, -0.15) is 0 Å². The van der Waals surface area contributed by atoms with Crippen LogP contribution in [-0.4, -0.2) is 56.8 Å². The molecule has 20 heavy (non-hydrogen) atoms. The average molecular weight is 286 g/mol. The molecular weight excluding hydrogens is 260 g/mol. The Morgan fingerprint density at radius 3 is 2.55 bits per heavy atom. The Kier molecular flexibility index (Phi) is 8.17. The monoisotopic (exact) mass is 286 g/mol. The van der Waals surface area contributed by atoms with Crippen molar-refractivity contribution in [1.82, 2.24) is 15.5 Å². The molecule has 0 fully saturated rings. The van der Waals surface area contributed by atoms with Gasteiger partial charge in [-0.3, -0.25) is 0 Å². The zero-order valence-electron chi connectivity index (χ0n) is 12.9. The summed E-state index contributed by atoms with van der Waals surface area (Å²) in [4.78, 5) is 2.02. The molecule has 1 aromatic heterocycles. The van der Waals surface area contributed by atoms with Gasteiger partial charge >= 0.3 is 6.01 Å². The van der Waals surface area contributed by atoms with Crippen LogP contribution in [0.15, 0.2) is 4.42 Å². The number of nitrogens with one attached hydrogen (secondary N) is 1. The summed E-state index contributed by atoms with van der Waals surface area (Å²) in [6.45, 7) is 7.59. The molecule has 0 atom stereocenters. The van der Waals surface area contributed by atoms with E-state index < -0.39 is 0 Å². The molecule has 0 aliphatic heterocycles. The van der Waals surface area contributed by atoms with Crippen LogP contribution >= 0.6 is 0 Å². The van der Waals surface area contributed by atoms with Crippen LogP contribution < -0.4 is 10.2 Å². The molecule has 1 heterocycles. The summed E-state index contributed by atoms with van der Waals surface area (Å²) in [6, 6.07) is 0.926. The van der Waals surface area contributed by atoms with E-state index in [2.05, 4.69) is 29.4 Å². The van der Waals surface area contributed by atoms with E-state index in [1.807, 2.05) is 4.90 Å². The maximum absolute atomic E-state index is 5.67. The highest BCUT2D eigenvalue weighted by molar-refractivity contribution is 5.23.